The van der Waals surface area contributed by atoms with Crippen molar-refractivity contribution in [3.05, 3.63) is 63.6 Å². The molecule has 2 aromatic rings. The normalized spacial score (nSPS) is 16.1. The summed E-state index contributed by atoms with van der Waals surface area (Å²) in [6, 6.07) is 7.75. The Labute approximate surface area is 172 Å². The first-order valence-corrected chi connectivity index (χ1v) is 10.8. The number of carbonyl (C=O) groups excluding carboxylic acids is 1. The van der Waals surface area contributed by atoms with Crippen LogP contribution in [-0.4, -0.2) is 29.5 Å². The number of amides is 1. The second kappa shape index (κ2) is 8.40. The maximum absolute atomic E-state index is 13.0. The SMILES string of the molecule is CN(C)C(=O)c1cccc(-c2cn(CCC3CCCCC3)c(=O)c3c2C=CC3)c1. The van der Waals surface area contributed by atoms with Crippen LogP contribution in [0.4, 0.5) is 0 Å². The zero-order valence-electron chi connectivity index (χ0n) is 17.5. The van der Waals surface area contributed by atoms with E-state index in [-0.39, 0.29) is 11.5 Å². The maximum atomic E-state index is 13.0. The number of rotatable bonds is 5. The number of carbonyl (C=O) groups is 1. The molecule has 1 aromatic carbocycles. The topological polar surface area (TPSA) is 42.3 Å². The smallest absolute Gasteiger partial charge is 0.254 e. The number of hydrogen-bond acceptors (Lipinski definition) is 2. The molecule has 1 amide bonds. The Balaban J connectivity index is 1.69. The second-order valence-corrected chi connectivity index (χ2v) is 8.61. The van der Waals surface area contributed by atoms with Crippen LogP contribution in [0.2, 0.25) is 0 Å². The molecule has 1 aromatic heterocycles. The van der Waals surface area contributed by atoms with Crippen molar-refractivity contribution in [2.24, 2.45) is 5.92 Å². The zero-order valence-corrected chi connectivity index (χ0v) is 17.5. The lowest BCUT2D eigenvalue weighted by atomic mass is 9.87. The van der Waals surface area contributed by atoms with E-state index < -0.39 is 0 Å². The Morgan fingerprint density at radius 2 is 1.97 bits per heavy atom. The molecule has 1 heterocycles. The Kier molecular flexibility index (Phi) is 5.70. The number of pyridine rings is 1. The van der Waals surface area contributed by atoms with Crippen LogP contribution in [0.5, 0.6) is 0 Å². The van der Waals surface area contributed by atoms with Gasteiger partial charge in [0.25, 0.3) is 11.5 Å². The van der Waals surface area contributed by atoms with Gasteiger partial charge in [0.05, 0.1) is 0 Å². The monoisotopic (exact) mass is 390 g/mol. The molecular weight excluding hydrogens is 360 g/mol. The van der Waals surface area contributed by atoms with Crippen molar-refractivity contribution in [1.29, 1.82) is 0 Å². The van der Waals surface area contributed by atoms with E-state index in [1.165, 1.54) is 32.1 Å². The van der Waals surface area contributed by atoms with Crippen LogP contribution in [0.15, 0.2) is 41.3 Å². The second-order valence-electron chi connectivity index (χ2n) is 8.61. The highest BCUT2D eigenvalue weighted by atomic mass is 16.2. The number of nitrogens with zero attached hydrogens (tertiary/aromatic N) is 2. The van der Waals surface area contributed by atoms with Gasteiger partial charge in [-0.1, -0.05) is 56.4 Å². The molecule has 29 heavy (non-hydrogen) atoms. The average molecular weight is 391 g/mol. The molecule has 4 nitrogen and oxygen atoms in total. The Hall–Kier alpha value is -2.62. The van der Waals surface area contributed by atoms with Crippen molar-refractivity contribution < 1.29 is 4.79 Å². The predicted octanol–water partition coefficient (Wildman–Crippen LogP) is 4.76. The molecule has 0 N–H and O–H groups in total. The van der Waals surface area contributed by atoms with Crippen LogP contribution in [0, 0.1) is 5.92 Å². The lowest BCUT2D eigenvalue weighted by molar-refractivity contribution is 0.0827. The van der Waals surface area contributed by atoms with E-state index >= 15 is 0 Å². The number of allylic oxidation sites excluding steroid dienone is 1. The fourth-order valence-corrected chi connectivity index (χ4v) is 4.69. The molecule has 2 aliphatic carbocycles. The molecule has 0 atom stereocenters. The van der Waals surface area contributed by atoms with E-state index in [0.29, 0.717) is 12.0 Å². The lowest BCUT2D eigenvalue weighted by Crippen LogP contribution is -2.25. The van der Waals surface area contributed by atoms with E-state index in [4.69, 9.17) is 0 Å². The largest absolute Gasteiger partial charge is 0.345 e. The van der Waals surface area contributed by atoms with Gasteiger partial charge in [0, 0.05) is 43.5 Å². The summed E-state index contributed by atoms with van der Waals surface area (Å²) in [6.07, 6.45) is 14.5. The van der Waals surface area contributed by atoms with Gasteiger partial charge >= 0.3 is 0 Å². The maximum Gasteiger partial charge on any atom is 0.254 e. The minimum Gasteiger partial charge on any atom is -0.345 e. The summed E-state index contributed by atoms with van der Waals surface area (Å²) in [6.45, 7) is 0.778. The molecule has 2 aliphatic rings. The van der Waals surface area contributed by atoms with Gasteiger partial charge in [-0.15, -0.1) is 0 Å². The van der Waals surface area contributed by atoms with Crippen molar-refractivity contribution in [3.63, 3.8) is 0 Å². The van der Waals surface area contributed by atoms with E-state index in [1.54, 1.807) is 19.0 Å². The average Bonchev–Trinajstić information content (AvgIpc) is 3.24. The third-order valence-electron chi connectivity index (χ3n) is 6.36. The van der Waals surface area contributed by atoms with Crippen molar-refractivity contribution in [3.8, 4) is 11.1 Å². The number of aryl methyl sites for hydroxylation is 1. The standard InChI is InChI=1S/C25H30N2O2/c1-26(2)24(28)20-11-6-10-19(16-20)23-17-27(15-14-18-8-4-3-5-9-18)25(29)22-13-7-12-21(22)23/h6-7,10-12,16-18H,3-5,8-9,13-15H2,1-2H3. The summed E-state index contributed by atoms with van der Waals surface area (Å²) in [7, 11) is 3.53. The quantitative estimate of drug-likeness (QED) is 0.739. The third-order valence-corrected chi connectivity index (χ3v) is 6.36. The van der Waals surface area contributed by atoms with Crippen LogP contribution in [0.1, 0.15) is 60.0 Å². The van der Waals surface area contributed by atoms with Gasteiger partial charge in [-0.25, -0.2) is 0 Å². The summed E-state index contributed by atoms with van der Waals surface area (Å²) >= 11 is 0. The molecule has 152 valence electrons. The summed E-state index contributed by atoms with van der Waals surface area (Å²) in [5.74, 6) is 0.733. The molecule has 1 saturated carbocycles. The van der Waals surface area contributed by atoms with Gasteiger partial charge in [-0.05, 0) is 42.0 Å². The Bertz CT molecular complexity index is 994. The molecule has 1 fully saturated rings. The minimum atomic E-state index is -0.00958. The fraction of sp³-hybridized carbons (Fsp3) is 0.440. The third kappa shape index (κ3) is 4.07. The molecule has 4 rings (SSSR count). The highest BCUT2D eigenvalue weighted by molar-refractivity contribution is 5.95. The number of hydrogen-bond donors (Lipinski definition) is 0. The van der Waals surface area contributed by atoms with Crippen LogP contribution in [0.25, 0.3) is 17.2 Å². The van der Waals surface area contributed by atoms with Crippen LogP contribution >= 0.6 is 0 Å². The van der Waals surface area contributed by atoms with Crippen LogP contribution in [-0.2, 0) is 13.0 Å². The van der Waals surface area contributed by atoms with Crippen LogP contribution < -0.4 is 5.56 Å². The van der Waals surface area contributed by atoms with Gasteiger partial charge in [0.15, 0.2) is 0 Å². The summed E-state index contributed by atoms with van der Waals surface area (Å²) in [5, 5.41) is 0. The summed E-state index contributed by atoms with van der Waals surface area (Å²) in [4.78, 5) is 27.1. The van der Waals surface area contributed by atoms with Gasteiger partial charge in [-0.3, -0.25) is 9.59 Å². The fourth-order valence-electron chi connectivity index (χ4n) is 4.69. The minimum absolute atomic E-state index is 0.00958. The molecule has 0 aliphatic heterocycles. The van der Waals surface area contributed by atoms with E-state index in [1.807, 2.05) is 35.0 Å². The Morgan fingerprint density at radius 1 is 1.17 bits per heavy atom. The van der Waals surface area contributed by atoms with E-state index in [0.717, 1.165) is 41.1 Å². The molecule has 0 bridgehead atoms. The zero-order chi connectivity index (χ0) is 20.4. The highest BCUT2D eigenvalue weighted by Gasteiger charge is 2.20. The molecular formula is C25H30N2O2. The molecule has 0 radical (unpaired) electrons. The Morgan fingerprint density at radius 3 is 2.72 bits per heavy atom. The number of benzene rings is 1. The first-order chi connectivity index (χ1) is 14.0. The van der Waals surface area contributed by atoms with Crippen molar-refractivity contribution in [2.45, 2.75) is 51.5 Å². The highest BCUT2D eigenvalue weighted by Crippen LogP contribution is 2.31. The van der Waals surface area contributed by atoms with E-state index in [2.05, 4.69) is 12.2 Å². The van der Waals surface area contributed by atoms with Gasteiger partial charge in [0.1, 0.15) is 0 Å². The first-order valence-electron chi connectivity index (χ1n) is 10.8. The van der Waals surface area contributed by atoms with Crippen molar-refractivity contribution in [1.82, 2.24) is 9.47 Å². The van der Waals surface area contributed by atoms with E-state index in [9.17, 15) is 9.59 Å². The van der Waals surface area contributed by atoms with Gasteiger partial charge in [-0.2, -0.15) is 0 Å². The van der Waals surface area contributed by atoms with Gasteiger partial charge in [0.2, 0.25) is 0 Å². The summed E-state index contributed by atoms with van der Waals surface area (Å²) in [5.41, 5.74) is 4.75. The molecule has 0 saturated heterocycles. The number of aromatic nitrogens is 1. The summed E-state index contributed by atoms with van der Waals surface area (Å²) < 4.78 is 1.91. The van der Waals surface area contributed by atoms with Crippen molar-refractivity contribution >= 4 is 12.0 Å². The van der Waals surface area contributed by atoms with Gasteiger partial charge < -0.3 is 9.47 Å². The van der Waals surface area contributed by atoms with Crippen molar-refractivity contribution in [2.75, 3.05) is 14.1 Å². The molecule has 0 spiro atoms. The first kappa shape index (κ1) is 19.7. The lowest BCUT2D eigenvalue weighted by Gasteiger charge is -2.22. The van der Waals surface area contributed by atoms with Crippen LogP contribution in [0.3, 0.4) is 0 Å². The molecule has 0 unspecified atom stereocenters. The number of fused-ring (bicyclic) bond motifs is 1. The predicted molar refractivity (Wildman–Crippen MR) is 118 cm³/mol. The molecule has 4 heteroatoms.